The Balaban J connectivity index is 1.72. The second-order valence-corrected chi connectivity index (χ2v) is 5.27. The summed E-state index contributed by atoms with van der Waals surface area (Å²) in [6.07, 6.45) is 7.34. The van der Waals surface area contributed by atoms with E-state index in [0.29, 0.717) is 12.6 Å². The lowest BCUT2D eigenvalue weighted by Crippen LogP contribution is -2.32. The second kappa shape index (κ2) is 6.13. The van der Waals surface area contributed by atoms with Crippen LogP contribution < -0.4 is 0 Å². The van der Waals surface area contributed by atoms with Crippen molar-refractivity contribution in [1.82, 2.24) is 15.1 Å². The fourth-order valence-electron chi connectivity index (χ4n) is 2.87. The third-order valence-electron chi connectivity index (χ3n) is 3.92. The van der Waals surface area contributed by atoms with Crippen molar-refractivity contribution in [3.05, 3.63) is 41.6 Å². The number of carbonyl (C=O) groups excluding carboxylic acids is 1. The molecule has 2 aromatic heterocycles. The number of carbonyl (C=O) groups is 1. The Bertz CT molecular complexity index is 591. The lowest BCUT2D eigenvalue weighted by molar-refractivity contribution is 0.0558. The monoisotopic (exact) mass is 289 g/mol. The number of likely N-dealkylation sites (tertiary alicyclic amines) is 1. The average Bonchev–Trinajstić information content (AvgIpc) is 3.18. The van der Waals surface area contributed by atoms with Crippen LogP contribution in [0.2, 0.25) is 0 Å². The Kier molecular flexibility index (Phi) is 4.06. The summed E-state index contributed by atoms with van der Waals surface area (Å²) in [5.41, 5.74) is 1.20. The molecule has 1 atom stereocenters. The van der Waals surface area contributed by atoms with E-state index in [-0.39, 0.29) is 5.76 Å². The molecule has 1 aliphatic heterocycles. The Morgan fingerprint density at radius 2 is 2.43 bits per heavy atom. The predicted molar refractivity (Wildman–Crippen MR) is 75.6 cm³/mol. The molecular formula is C15H19N3O3. The van der Waals surface area contributed by atoms with E-state index in [1.807, 2.05) is 18.5 Å². The summed E-state index contributed by atoms with van der Waals surface area (Å²) < 4.78 is 10.2. The molecule has 0 saturated carbocycles. The van der Waals surface area contributed by atoms with Gasteiger partial charge in [0.1, 0.15) is 5.76 Å². The van der Waals surface area contributed by atoms with Crippen molar-refractivity contribution >= 4 is 5.97 Å². The Hall–Kier alpha value is -2.08. The van der Waals surface area contributed by atoms with Crippen molar-refractivity contribution in [2.45, 2.75) is 31.8 Å². The molecule has 1 saturated heterocycles. The summed E-state index contributed by atoms with van der Waals surface area (Å²) in [6, 6.07) is 3.86. The van der Waals surface area contributed by atoms with E-state index in [1.54, 1.807) is 6.07 Å². The molecule has 6 heteroatoms. The SMILES string of the molecule is COC(=O)c1ccc(CN2CCCC[C@H]2c2cn[nH]c2)o1. The Labute approximate surface area is 123 Å². The van der Waals surface area contributed by atoms with Crippen molar-refractivity contribution in [1.29, 1.82) is 0 Å². The number of piperidine rings is 1. The van der Waals surface area contributed by atoms with Crippen LogP contribution in [0.3, 0.4) is 0 Å². The van der Waals surface area contributed by atoms with Gasteiger partial charge in [0.25, 0.3) is 0 Å². The number of hydrogen-bond donors (Lipinski definition) is 1. The van der Waals surface area contributed by atoms with Gasteiger partial charge in [0.15, 0.2) is 0 Å². The predicted octanol–water partition coefficient (Wildman–Crippen LogP) is 2.52. The highest BCUT2D eigenvalue weighted by molar-refractivity contribution is 5.86. The zero-order valence-electron chi connectivity index (χ0n) is 12.0. The molecule has 3 rings (SSSR count). The minimum atomic E-state index is -0.439. The topological polar surface area (TPSA) is 71.4 Å². The number of furan rings is 1. The zero-order chi connectivity index (χ0) is 14.7. The van der Waals surface area contributed by atoms with Crippen LogP contribution in [0.4, 0.5) is 0 Å². The molecule has 3 heterocycles. The minimum Gasteiger partial charge on any atom is -0.463 e. The molecule has 0 aliphatic carbocycles. The van der Waals surface area contributed by atoms with Crippen LogP contribution in [0.25, 0.3) is 0 Å². The molecular weight excluding hydrogens is 270 g/mol. The number of H-pyrrole nitrogens is 1. The van der Waals surface area contributed by atoms with Gasteiger partial charge in [-0.25, -0.2) is 4.79 Å². The molecule has 0 bridgehead atoms. The lowest BCUT2D eigenvalue weighted by Gasteiger charge is -2.34. The van der Waals surface area contributed by atoms with Gasteiger partial charge in [-0.3, -0.25) is 10.00 Å². The maximum Gasteiger partial charge on any atom is 0.373 e. The van der Waals surface area contributed by atoms with Crippen LogP contribution in [-0.2, 0) is 11.3 Å². The van der Waals surface area contributed by atoms with E-state index in [1.165, 1.54) is 25.5 Å². The molecule has 2 aromatic rings. The molecule has 0 unspecified atom stereocenters. The molecule has 1 aliphatic rings. The fourth-order valence-corrected chi connectivity index (χ4v) is 2.87. The molecule has 6 nitrogen and oxygen atoms in total. The molecule has 1 fully saturated rings. The smallest absolute Gasteiger partial charge is 0.373 e. The zero-order valence-corrected chi connectivity index (χ0v) is 12.0. The molecule has 0 aromatic carbocycles. The number of rotatable bonds is 4. The maximum absolute atomic E-state index is 11.4. The van der Waals surface area contributed by atoms with Crippen LogP contribution in [0, 0.1) is 0 Å². The van der Waals surface area contributed by atoms with E-state index >= 15 is 0 Å². The normalized spacial score (nSPS) is 19.6. The fraction of sp³-hybridized carbons (Fsp3) is 0.467. The van der Waals surface area contributed by atoms with E-state index < -0.39 is 5.97 Å². The molecule has 0 radical (unpaired) electrons. The molecule has 0 spiro atoms. The van der Waals surface area contributed by atoms with Gasteiger partial charge < -0.3 is 9.15 Å². The van der Waals surface area contributed by atoms with Crippen LogP contribution in [0.5, 0.6) is 0 Å². The number of nitrogens with one attached hydrogen (secondary N) is 1. The van der Waals surface area contributed by atoms with Gasteiger partial charge in [-0.05, 0) is 31.5 Å². The molecule has 21 heavy (non-hydrogen) atoms. The van der Waals surface area contributed by atoms with E-state index in [2.05, 4.69) is 19.8 Å². The summed E-state index contributed by atoms with van der Waals surface area (Å²) >= 11 is 0. The number of hydrogen-bond acceptors (Lipinski definition) is 5. The average molecular weight is 289 g/mol. The highest BCUT2D eigenvalue weighted by Gasteiger charge is 2.25. The highest BCUT2D eigenvalue weighted by Crippen LogP contribution is 2.31. The number of aromatic nitrogens is 2. The van der Waals surface area contributed by atoms with Crippen LogP contribution in [0.15, 0.2) is 28.9 Å². The van der Waals surface area contributed by atoms with Gasteiger partial charge in [-0.15, -0.1) is 0 Å². The lowest BCUT2D eigenvalue weighted by atomic mass is 9.97. The first-order chi connectivity index (χ1) is 10.3. The standard InChI is InChI=1S/C15H19N3O3/c1-20-15(19)14-6-5-12(21-14)10-18-7-3-2-4-13(18)11-8-16-17-9-11/h5-6,8-9,13H,2-4,7,10H2,1H3,(H,16,17)/t13-/m0/s1. The van der Waals surface area contributed by atoms with E-state index in [9.17, 15) is 4.79 Å². The van der Waals surface area contributed by atoms with Crippen LogP contribution in [-0.4, -0.2) is 34.7 Å². The van der Waals surface area contributed by atoms with E-state index in [0.717, 1.165) is 18.7 Å². The first kappa shape index (κ1) is 13.9. The number of methoxy groups -OCH3 is 1. The summed E-state index contributed by atoms with van der Waals surface area (Å²) in [5, 5.41) is 6.92. The van der Waals surface area contributed by atoms with Gasteiger partial charge in [-0.1, -0.05) is 6.42 Å². The number of ether oxygens (including phenoxy) is 1. The Morgan fingerprint density at radius 1 is 1.52 bits per heavy atom. The van der Waals surface area contributed by atoms with Crippen molar-refractivity contribution in [2.75, 3.05) is 13.7 Å². The van der Waals surface area contributed by atoms with Gasteiger partial charge in [-0.2, -0.15) is 5.10 Å². The van der Waals surface area contributed by atoms with Crippen molar-refractivity contribution in [3.8, 4) is 0 Å². The number of aromatic amines is 1. The minimum absolute atomic E-state index is 0.254. The van der Waals surface area contributed by atoms with Gasteiger partial charge >= 0.3 is 5.97 Å². The van der Waals surface area contributed by atoms with Crippen molar-refractivity contribution in [3.63, 3.8) is 0 Å². The number of nitrogens with zero attached hydrogens (tertiary/aromatic N) is 2. The first-order valence-corrected chi connectivity index (χ1v) is 7.17. The van der Waals surface area contributed by atoms with Gasteiger partial charge in [0, 0.05) is 17.8 Å². The highest BCUT2D eigenvalue weighted by atomic mass is 16.5. The summed E-state index contributed by atoms with van der Waals surface area (Å²) in [4.78, 5) is 13.8. The molecule has 112 valence electrons. The third-order valence-corrected chi connectivity index (χ3v) is 3.92. The Morgan fingerprint density at radius 3 is 3.19 bits per heavy atom. The maximum atomic E-state index is 11.4. The number of esters is 1. The van der Waals surface area contributed by atoms with Gasteiger partial charge in [0.2, 0.25) is 5.76 Å². The second-order valence-electron chi connectivity index (χ2n) is 5.27. The first-order valence-electron chi connectivity index (χ1n) is 7.17. The van der Waals surface area contributed by atoms with Crippen molar-refractivity contribution < 1.29 is 13.9 Å². The van der Waals surface area contributed by atoms with E-state index in [4.69, 9.17) is 4.42 Å². The largest absolute Gasteiger partial charge is 0.463 e. The molecule has 0 amide bonds. The van der Waals surface area contributed by atoms with Crippen LogP contribution >= 0.6 is 0 Å². The summed E-state index contributed by atoms with van der Waals surface area (Å²) in [6.45, 7) is 1.71. The van der Waals surface area contributed by atoms with Crippen molar-refractivity contribution in [2.24, 2.45) is 0 Å². The quantitative estimate of drug-likeness (QED) is 0.876. The van der Waals surface area contributed by atoms with Gasteiger partial charge in [0.05, 0.1) is 19.9 Å². The summed E-state index contributed by atoms with van der Waals surface area (Å²) in [5.74, 6) is 0.599. The third kappa shape index (κ3) is 3.00. The summed E-state index contributed by atoms with van der Waals surface area (Å²) in [7, 11) is 1.35. The van der Waals surface area contributed by atoms with Crippen LogP contribution in [0.1, 0.15) is 47.2 Å². The molecule has 1 N–H and O–H groups in total.